The molecule has 8 heteroatoms. The zero-order chi connectivity index (χ0) is 19.9. The number of carbonyl (C=O) groups excluding carboxylic acids is 3. The molecule has 0 aliphatic heterocycles. The maximum absolute atomic E-state index is 12.4. The van der Waals surface area contributed by atoms with Crippen molar-refractivity contribution in [3.8, 4) is 5.75 Å². The molecule has 7 nitrogen and oxygen atoms in total. The van der Waals surface area contributed by atoms with Crippen molar-refractivity contribution in [1.29, 1.82) is 0 Å². The Hall–Kier alpha value is -2.80. The van der Waals surface area contributed by atoms with Gasteiger partial charge in [0.25, 0.3) is 5.91 Å². The molecule has 1 heterocycles. The number of phenols is 1. The smallest absolute Gasteiger partial charge is 0.305 e. The van der Waals surface area contributed by atoms with Gasteiger partial charge in [-0.2, -0.15) is 0 Å². The molecule has 3 N–H and O–H groups in total. The molecule has 3 rings (SSSR count). The fraction of sp³-hybridized carbons (Fsp3) is 0.316. The standard InChI is InChI=1S/C19H19ClN2O5/c1-9-15-13(24)7-19(2,3)8-14(15)27-16(9)18(26)22-21-17(25)11-6-10(20)4-5-12(11)23/h4-6,23H,7-8H2,1-3H3,(H,21,25)(H,22,26). The van der Waals surface area contributed by atoms with Gasteiger partial charge < -0.3 is 9.52 Å². The number of nitrogens with one attached hydrogen (secondary N) is 2. The third-order valence-electron chi connectivity index (χ3n) is 4.48. The Morgan fingerprint density at radius 3 is 2.56 bits per heavy atom. The van der Waals surface area contributed by atoms with Gasteiger partial charge in [0.15, 0.2) is 11.5 Å². The van der Waals surface area contributed by atoms with Crippen LogP contribution in [-0.2, 0) is 6.42 Å². The molecule has 27 heavy (non-hydrogen) atoms. The van der Waals surface area contributed by atoms with Gasteiger partial charge in [0, 0.05) is 23.4 Å². The number of amides is 2. The number of rotatable bonds is 2. The van der Waals surface area contributed by atoms with Crippen molar-refractivity contribution in [3.63, 3.8) is 0 Å². The minimum absolute atomic E-state index is 0.0262. The van der Waals surface area contributed by atoms with Crippen LogP contribution in [0.2, 0.25) is 5.02 Å². The number of Topliss-reactive ketones (excluding diaryl/α,β-unsaturated/α-hetero) is 1. The van der Waals surface area contributed by atoms with E-state index in [2.05, 4.69) is 10.9 Å². The molecule has 0 bridgehead atoms. The van der Waals surface area contributed by atoms with Crippen LogP contribution >= 0.6 is 11.6 Å². The Morgan fingerprint density at radius 2 is 1.85 bits per heavy atom. The highest BCUT2D eigenvalue weighted by Crippen LogP contribution is 2.38. The molecule has 142 valence electrons. The molecule has 2 amide bonds. The van der Waals surface area contributed by atoms with Crippen LogP contribution in [0.1, 0.15) is 62.9 Å². The Kier molecular flexibility index (Phi) is 4.73. The van der Waals surface area contributed by atoms with E-state index in [1.807, 2.05) is 13.8 Å². The van der Waals surface area contributed by atoms with Gasteiger partial charge in [-0.25, -0.2) is 0 Å². The van der Waals surface area contributed by atoms with Crippen LogP contribution in [0.3, 0.4) is 0 Å². The molecule has 1 aromatic heterocycles. The van der Waals surface area contributed by atoms with Gasteiger partial charge in [0.05, 0.1) is 11.1 Å². The summed E-state index contributed by atoms with van der Waals surface area (Å²) in [6, 6.07) is 3.98. The van der Waals surface area contributed by atoms with E-state index < -0.39 is 11.8 Å². The average molecular weight is 391 g/mol. The SMILES string of the molecule is Cc1c(C(=O)NNC(=O)c2cc(Cl)ccc2O)oc2c1C(=O)CC(C)(C)C2. The lowest BCUT2D eigenvalue weighted by Gasteiger charge is -2.27. The van der Waals surface area contributed by atoms with Gasteiger partial charge >= 0.3 is 5.91 Å². The predicted molar refractivity (Wildman–Crippen MR) is 97.9 cm³/mol. The largest absolute Gasteiger partial charge is 0.507 e. The van der Waals surface area contributed by atoms with Crippen LogP contribution in [0.25, 0.3) is 0 Å². The first-order chi connectivity index (χ1) is 12.6. The summed E-state index contributed by atoms with van der Waals surface area (Å²) in [7, 11) is 0. The summed E-state index contributed by atoms with van der Waals surface area (Å²) in [4.78, 5) is 36.9. The first-order valence-corrected chi connectivity index (χ1v) is 8.71. The van der Waals surface area contributed by atoms with Crippen molar-refractivity contribution in [2.75, 3.05) is 0 Å². The van der Waals surface area contributed by atoms with Crippen LogP contribution in [0.15, 0.2) is 22.6 Å². The van der Waals surface area contributed by atoms with Gasteiger partial charge in [-0.15, -0.1) is 0 Å². The first kappa shape index (κ1) is 19.0. The first-order valence-electron chi connectivity index (χ1n) is 8.34. The highest BCUT2D eigenvalue weighted by atomic mass is 35.5. The fourth-order valence-electron chi connectivity index (χ4n) is 3.23. The lowest BCUT2D eigenvalue weighted by Crippen LogP contribution is -2.41. The third-order valence-corrected chi connectivity index (χ3v) is 4.71. The summed E-state index contributed by atoms with van der Waals surface area (Å²) in [5.74, 6) is -1.31. The molecule has 0 fully saturated rings. The summed E-state index contributed by atoms with van der Waals surface area (Å²) < 4.78 is 5.63. The average Bonchev–Trinajstić information content (AvgIpc) is 2.89. The lowest BCUT2D eigenvalue weighted by molar-refractivity contribution is 0.0826. The Balaban J connectivity index is 1.77. The van der Waals surface area contributed by atoms with Gasteiger partial charge in [-0.3, -0.25) is 25.2 Å². The molecule has 0 radical (unpaired) electrons. The van der Waals surface area contributed by atoms with Crippen LogP contribution < -0.4 is 10.9 Å². The second-order valence-electron chi connectivity index (χ2n) is 7.37. The number of hydrazine groups is 1. The number of phenolic OH excluding ortho intramolecular Hbond substituents is 1. The molecule has 0 spiro atoms. The van der Waals surface area contributed by atoms with E-state index in [-0.39, 0.29) is 33.3 Å². The fourth-order valence-corrected chi connectivity index (χ4v) is 3.40. The van der Waals surface area contributed by atoms with Crippen molar-refractivity contribution in [2.24, 2.45) is 5.41 Å². The molecule has 1 aromatic carbocycles. The highest BCUT2D eigenvalue weighted by Gasteiger charge is 2.37. The van der Waals surface area contributed by atoms with E-state index in [9.17, 15) is 19.5 Å². The molecule has 1 aliphatic rings. The second kappa shape index (κ2) is 6.74. The molecular formula is C19H19ClN2O5. The molecule has 0 atom stereocenters. The Morgan fingerprint density at radius 1 is 1.19 bits per heavy atom. The normalized spacial score (nSPS) is 15.2. The van der Waals surface area contributed by atoms with Gasteiger partial charge in [0.2, 0.25) is 0 Å². The van der Waals surface area contributed by atoms with E-state index in [1.165, 1.54) is 18.2 Å². The minimum Gasteiger partial charge on any atom is -0.507 e. The zero-order valence-corrected chi connectivity index (χ0v) is 15.9. The number of benzene rings is 1. The number of ketones is 1. The van der Waals surface area contributed by atoms with E-state index in [0.717, 1.165) is 0 Å². The molecule has 0 unspecified atom stereocenters. The van der Waals surface area contributed by atoms with E-state index in [0.29, 0.717) is 29.7 Å². The summed E-state index contributed by atoms with van der Waals surface area (Å²) in [6.45, 7) is 5.56. The lowest BCUT2D eigenvalue weighted by atomic mass is 9.76. The van der Waals surface area contributed by atoms with E-state index >= 15 is 0 Å². The van der Waals surface area contributed by atoms with Crippen molar-refractivity contribution in [1.82, 2.24) is 10.9 Å². The molecule has 0 saturated carbocycles. The molecule has 0 saturated heterocycles. The number of aromatic hydroxyl groups is 1. The van der Waals surface area contributed by atoms with Gasteiger partial charge in [0.1, 0.15) is 11.5 Å². The Bertz CT molecular complexity index is 961. The third kappa shape index (κ3) is 3.68. The Labute approximate surface area is 160 Å². The monoisotopic (exact) mass is 390 g/mol. The second-order valence-corrected chi connectivity index (χ2v) is 7.80. The summed E-state index contributed by atoms with van der Waals surface area (Å²) in [5, 5.41) is 10.00. The van der Waals surface area contributed by atoms with Crippen molar-refractivity contribution >= 4 is 29.2 Å². The number of hydrogen-bond donors (Lipinski definition) is 3. The van der Waals surface area contributed by atoms with Crippen molar-refractivity contribution < 1.29 is 23.9 Å². The quantitative estimate of drug-likeness (QED) is 0.682. The maximum atomic E-state index is 12.4. The van der Waals surface area contributed by atoms with Crippen molar-refractivity contribution in [3.05, 3.63) is 51.4 Å². The molecule has 2 aromatic rings. The highest BCUT2D eigenvalue weighted by molar-refractivity contribution is 6.31. The summed E-state index contributed by atoms with van der Waals surface area (Å²) in [5.41, 5.74) is 5.00. The zero-order valence-electron chi connectivity index (χ0n) is 15.1. The van der Waals surface area contributed by atoms with E-state index in [4.69, 9.17) is 16.0 Å². The maximum Gasteiger partial charge on any atom is 0.305 e. The number of halogens is 1. The van der Waals surface area contributed by atoms with E-state index in [1.54, 1.807) is 6.92 Å². The molecule has 1 aliphatic carbocycles. The summed E-state index contributed by atoms with van der Waals surface area (Å²) >= 11 is 5.81. The predicted octanol–water partition coefficient (Wildman–Crippen LogP) is 3.18. The van der Waals surface area contributed by atoms with Crippen molar-refractivity contribution in [2.45, 2.75) is 33.6 Å². The van der Waals surface area contributed by atoms with Gasteiger partial charge in [-0.05, 0) is 30.5 Å². The van der Waals surface area contributed by atoms with Gasteiger partial charge in [-0.1, -0.05) is 25.4 Å². The number of fused-ring (bicyclic) bond motifs is 1. The number of carbonyl (C=O) groups is 3. The van der Waals surface area contributed by atoms with Crippen LogP contribution in [0.4, 0.5) is 0 Å². The molecular weight excluding hydrogens is 372 g/mol. The minimum atomic E-state index is -0.741. The topological polar surface area (TPSA) is 109 Å². The summed E-state index contributed by atoms with van der Waals surface area (Å²) in [6.07, 6.45) is 0.928. The van der Waals surface area contributed by atoms with Crippen LogP contribution in [0.5, 0.6) is 5.75 Å². The number of hydrogen-bond acceptors (Lipinski definition) is 5. The number of furan rings is 1. The van der Waals surface area contributed by atoms with Crippen LogP contribution in [0, 0.1) is 12.3 Å². The van der Waals surface area contributed by atoms with Crippen LogP contribution in [-0.4, -0.2) is 22.7 Å².